The minimum absolute atomic E-state index is 0. The van der Waals surface area contributed by atoms with E-state index in [0.29, 0.717) is 5.56 Å². The second kappa shape index (κ2) is 8.90. The Kier molecular flexibility index (Phi) is 7.84. The Morgan fingerprint density at radius 3 is 2.35 bits per heavy atom. The summed E-state index contributed by atoms with van der Waals surface area (Å²) in [5.41, 5.74) is -0.0562. The number of alkyl halides is 3. The Hall–Kier alpha value is -0.780. The van der Waals surface area contributed by atoms with Crippen LogP contribution in [-0.2, 0) is 6.18 Å². The van der Waals surface area contributed by atoms with E-state index in [-0.39, 0.29) is 24.4 Å². The molecule has 1 unspecified atom stereocenters. The number of halogens is 4. The average Bonchev–Trinajstić information content (AvgIpc) is 2.48. The Balaban J connectivity index is 0.00000264. The van der Waals surface area contributed by atoms with Crippen molar-refractivity contribution in [1.29, 1.82) is 0 Å². The van der Waals surface area contributed by atoms with Gasteiger partial charge in [0.2, 0.25) is 0 Å². The number of nitrogens with one attached hydrogen (secondary N) is 1. The van der Waals surface area contributed by atoms with E-state index in [2.05, 4.69) is 24.1 Å². The van der Waals surface area contributed by atoms with Crippen molar-refractivity contribution in [2.24, 2.45) is 5.92 Å². The Labute approximate surface area is 142 Å². The van der Waals surface area contributed by atoms with Gasteiger partial charge in [-0.1, -0.05) is 38.5 Å². The SMILES string of the molecule is CCCC(C)[C@H](c1ccccc1C(F)(F)F)N1CCNCC1.Cl. The van der Waals surface area contributed by atoms with Crippen LogP contribution >= 0.6 is 12.4 Å². The van der Waals surface area contributed by atoms with Crippen LogP contribution in [0.4, 0.5) is 13.2 Å². The van der Waals surface area contributed by atoms with Crippen LogP contribution in [0.15, 0.2) is 24.3 Å². The van der Waals surface area contributed by atoms with E-state index < -0.39 is 11.7 Å². The third-order valence-electron chi connectivity index (χ3n) is 4.41. The molecule has 2 atom stereocenters. The third kappa shape index (κ3) is 5.10. The fourth-order valence-corrected chi connectivity index (χ4v) is 3.45. The molecule has 6 heteroatoms. The molecule has 0 aromatic heterocycles. The van der Waals surface area contributed by atoms with E-state index in [4.69, 9.17) is 0 Å². The lowest BCUT2D eigenvalue weighted by Crippen LogP contribution is -2.47. The molecule has 0 aliphatic carbocycles. The maximum absolute atomic E-state index is 13.4. The average molecular weight is 351 g/mol. The minimum atomic E-state index is -4.30. The zero-order chi connectivity index (χ0) is 16.2. The molecule has 1 aliphatic rings. The van der Waals surface area contributed by atoms with Crippen LogP contribution in [-0.4, -0.2) is 31.1 Å². The highest BCUT2D eigenvalue weighted by Crippen LogP contribution is 2.40. The number of piperazine rings is 1. The molecule has 1 aliphatic heterocycles. The first-order valence-electron chi connectivity index (χ1n) is 8.06. The zero-order valence-electron chi connectivity index (χ0n) is 13.7. The molecule has 2 nitrogen and oxygen atoms in total. The lowest BCUT2D eigenvalue weighted by Gasteiger charge is -2.39. The van der Waals surface area contributed by atoms with Gasteiger partial charge in [0.25, 0.3) is 0 Å². The minimum Gasteiger partial charge on any atom is -0.314 e. The number of nitrogens with zero attached hydrogens (tertiary/aromatic N) is 1. The largest absolute Gasteiger partial charge is 0.416 e. The maximum Gasteiger partial charge on any atom is 0.416 e. The lowest BCUT2D eigenvalue weighted by molar-refractivity contribution is -0.139. The fraction of sp³-hybridized carbons (Fsp3) is 0.647. The van der Waals surface area contributed by atoms with Gasteiger partial charge in [-0.2, -0.15) is 13.2 Å². The standard InChI is InChI=1S/C17H25F3N2.ClH/c1-3-6-13(2)16(22-11-9-21-10-12-22)14-7-4-5-8-15(14)17(18,19)20;/h4-5,7-8,13,16,21H,3,6,9-12H2,1-2H3;1H/t13?,16-;/m1./s1. The number of hydrogen-bond acceptors (Lipinski definition) is 2. The third-order valence-corrected chi connectivity index (χ3v) is 4.41. The molecular weight excluding hydrogens is 325 g/mol. The smallest absolute Gasteiger partial charge is 0.314 e. The van der Waals surface area contributed by atoms with Gasteiger partial charge in [0.05, 0.1) is 5.56 Å². The molecule has 0 saturated carbocycles. The van der Waals surface area contributed by atoms with Crippen molar-refractivity contribution >= 4 is 12.4 Å². The van der Waals surface area contributed by atoms with E-state index in [0.717, 1.165) is 39.0 Å². The summed E-state index contributed by atoms with van der Waals surface area (Å²) in [4.78, 5) is 2.21. The second-order valence-electron chi connectivity index (χ2n) is 6.08. The highest BCUT2D eigenvalue weighted by molar-refractivity contribution is 5.85. The quantitative estimate of drug-likeness (QED) is 0.840. The van der Waals surface area contributed by atoms with Gasteiger partial charge in [0, 0.05) is 32.2 Å². The Bertz CT molecular complexity index is 473. The van der Waals surface area contributed by atoms with Crippen molar-refractivity contribution in [3.8, 4) is 0 Å². The molecular formula is C17H26ClF3N2. The predicted molar refractivity (Wildman–Crippen MR) is 89.9 cm³/mol. The van der Waals surface area contributed by atoms with E-state index in [9.17, 15) is 13.2 Å². The van der Waals surface area contributed by atoms with E-state index in [1.165, 1.54) is 12.1 Å². The van der Waals surface area contributed by atoms with Crippen LogP contribution in [0.3, 0.4) is 0 Å². The molecule has 1 saturated heterocycles. The monoisotopic (exact) mass is 350 g/mol. The van der Waals surface area contributed by atoms with Gasteiger partial charge in [-0.3, -0.25) is 4.90 Å². The van der Waals surface area contributed by atoms with E-state index in [1.54, 1.807) is 12.1 Å². The van der Waals surface area contributed by atoms with Gasteiger partial charge in [-0.15, -0.1) is 12.4 Å². The maximum atomic E-state index is 13.4. The molecule has 1 aromatic carbocycles. The van der Waals surface area contributed by atoms with E-state index >= 15 is 0 Å². The van der Waals surface area contributed by atoms with Gasteiger partial charge in [0.1, 0.15) is 0 Å². The van der Waals surface area contributed by atoms with Gasteiger partial charge in [-0.25, -0.2) is 0 Å². The van der Waals surface area contributed by atoms with Crippen LogP contribution in [0.2, 0.25) is 0 Å². The summed E-state index contributed by atoms with van der Waals surface area (Å²) in [5.74, 6) is 0.201. The first-order valence-corrected chi connectivity index (χ1v) is 8.06. The highest BCUT2D eigenvalue weighted by Gasteiger charge is 2.37. The summed E-state index contributed by atoms with van der Waals surface area (Å²) in [6.45, 7) is 7.42. The van der Waals surface area contributed by atoms with Crippen molar-refractivity contribution in [3.05, 3.63) is 35.4 Å². The zero-order valence-corrected chi connectivity index (χ0v) is 14.5. The summed E-state index contributed by atoms with van der Waals surface area (Å²) >= 11 is 0. The van der Waals surface area contributed by atoms with Crippen LogP contribution in [0.1, 0.15) is 43.9 Å². The van der Waals surface area contributed by atoms with Crippen molar-refractivity contribution in [2.75, 3.05) is 26.2 Å². The van der Waals surface area contributed by atoms with Crippen LogP contribution in [0, 0.1) is 5.92 Å². The first-order chi connectivity index (χ1) is 10.4. The molecule has 0 amide bonds. The summed E-state index contributed by atoms with van der Waals surface area (Å²) in [6, 6.07) is 5.90. The van der Waals surface area contributed by atoms with E-state index in [1.807, 2.05) is 0 Å². The van der Waals surface area contributed by atoms with Crippen LogP contribution < -0.4 is 5.32 Å². The Morgan fingerprint density at radius 1 is 1.17 bits per heavy atom. The van der Waals surface area contributed by atoms with Crippen molar-refractivity contribution in [3.63, 3.8) is 0 Å². The summed E-state index contributed by atoms with van der Waals surface area (Å²) in [6.07, 6.45) is -2.38. The van der Waals surface area contributed by atoms with Crippen LogP contribution in [0.5, 0.6) is 0 Å². The molecule has 1 N–H and O–H groups in total. The fourth-order valence-electron chi connectivity index (χ4n) is 3.45. The lowest BCUT2D eigenvalue weighted by atomic mass is 9.86. The molecule has 1 aromatic rings. The first kappa shape index (κ1) is 20.3. The van der Waals surface area contributed by atoms with Gasteiger partial charge >= 0.3 is 6.18 Å². The normalized spacial score (nSPS) is 19.0. The summed E-state index contributed by atoms with van der Waals surface area (Å²) in [5, 5.41) is 3.27. The topological polar surface area (TPSA) is 15.3 Å². The molecule has 0 spiro atoms. The second-order valence-corrected chi connectivity index (χ2v) is 6.08. The Morgan fingerprint density at radius 2 is 1.78 bits per heavy atom. The molecule has 1 fully saturated rings. The van der Waals surface area contributed by atoms with Crippen molar-refractivity contribution in [1.82, 2.24) is 10.2 Å². The highest BCUT2D eigenvalue weighted by atomic mass is 35.5. The molecule has 1 heterocycles. The summed E-state index contributed by atoms with van der Waals surface area (Å²) in [7, 11) is 0. The molecule has 0 bridgehead atoms. The van der Waals surface area contributed by atoms with Gasteiger partial charge < -0.3 is 5.32 Å². The molecule has 2 rings (SSSR count). The van der Waals surface area contributed by atoms with Gasteiger partial charge in [-0.05, 0) is 24.0 Å². The predicted octanol–water partition coefficient (Wildman–Crippen LogP) is 4.51. The van der Waals surface area contributed by atoms with Crippen molar-refractivity contribution in [2.45, 2.75) is 38.9 Å². The number of benzene rings is 1. The van der Waals surface area contributed by atoms with Crippen LogP contribution in [0.25, 0.3) is 0 Å². The summed E-state index contributed by atoms with van der Waals surface area (Å²) < 4.78 is 40.2. The number of rotatable bonds is 5. The molecule has 23 heavy (non-hydrogen) atoms. The molecule has 132 valence electrons. The molecule has 0 radical (unpaired) electrons. The number of hydrogen-bond donors (Lipinski definition) is 1. The van der Waals surface area contributed by atoms with Crippen molar-refractivity contribution < 1.29 is 13.2 Å². The van der Waals surface area contributed by atoms with Gasteiger partial charge in [0.15, 0.2) is 0 Å².